The molecule has 24 heavy (non-hydrogen) atoms. The zero-order valence-electron chi connectivity index (χ0n) is 13.9. The second kappa shape index (κ2) is 9.33. The molecule has 0 heterocycles. The molecule has 2 rings (SSSR count). The van der Waals surface area contributed by atoms with E-state index in [4.69, 9.17) is 4.74 Å². The van der Waals surface area contributed by atoms with Crippen molar-refractivity contribution in [2.45, 2.75) is 25.6 Å². The third-order valence-electron chi connectivity index (χ3n) is 3.48. The Labute approximate surface area is 146 Å². The van der Waals surface area contributed by atoms with Crippen molar-refractivity contribution in [3.63, 3.8) is 0 Å². The molecule has 0 spiro atoms. The second-order valence-corrected chi connectivity index (χ2v) is 6.40. The number of hydrogen-bond donors (Lipinski definition) is 1. The SMILES string of the molecule is CCOc1ccc([C@H](C)NC(=O)CSCc2ccc(F)cc2)cc1. The van der Waals surface area contributed by atoms with Crippen molar-refractivity contribution in [1.82, 2.24) is 5.32 Å². The van der Waals surface area contributed by atoms with Crippen molar-refractivity contribution in [1.29, 1.82) is 0 Å². The van der Waals surface area contributed by atoms with Crippen LogP contribution in [0.1, 0.15) is 31.0 Å². The number of halogens is 1. The first kappa shape index (κ1) is 18.3. The van der Waals surface area contributed by atoms with Crippen LogP contribution in [0.25, 0.3) is 0 Å². The molecule has 0 aliphatic heterocycles. The number of ether oxygens (including phenoxy) is 1. The van der Waals surface area contributed by atoms with Gasteiger partial charge in [-0.2, -0.15) is 0 Å². The smallest absolute Gasteiger partial charge is 0.230 e. The summed E-state index contributed by atoms with van der Waals surface area (Å²) in [6.07, 6.45) is 0. The van der Waals surface area contributed by atoms with Gasteiger partial charge < -0.3 is 10.1 Å². The van der Waals surface area contributed by atoms with E-state index in [0.29, 0.717) is 18.1 Å². The number of thioether (sulfide) groups is 1. The summed E-state index contributed by atoms with van der Waals surface area (Å²) in [5, 5.41) is 2.98. The van der Waals surface area contributed by atoms with Gasteiger partial charge in [-0.05, 0) is 49.2 Å². The number of amides is 1. The number of benzene rings is 2. The van der Waals surface area contributed by atoms with Gasteiger partial charge in [-0.25, -0.2) is 4.39 Å². The van der Waals surface area contributed by atoms with E-state index < -0.39 is 0 Å². The standard InChI is InChI=1S/C19H22FNO2S/c1-3-23-18-10-6-16(7-11-18)14(2)21-19(22)13-24-12-15-4-8-17(20)9-5-15/h4-11,14H,3,12-13H2,1-2H3,(H,21,22)/t14-/m0/s1. The molecule has 0 saturated carbocycles. The highest BCUT2D eigenvalue weighted by molar-refractivity contribution is 7.99. The lowest BCUT2D eigenvalue weighted by Gasteiger charge is -2.15. The Morgan fingerprint density at radius 3 is 2.46 bits per heavy atom. The first-order valence-electron chi connectivity index (χ1n) is 7.92. The van der Waals surface area contributed by atoms with Gasteiger partial charge >= 0.3 is 0 Å². The summed E-state index contributed by atoms with van der Waals surface area (Å²) >= 11 is 1.51. The number of carbonyl (C=O) groups is 1. The molecule has 0 aliphatic carbocycles. The van der Waals surface area contributed by atoms with Crippen molar-refractivity contribution in [3.05, 3.63) is 65.5 Å². The minimum absolute atomic E-state index is 0.0107. The number of nitrogens with one attached hydrogen (secondary N) is 1. The number of rotatable bonds is 8. The van der Waals surface area contributed by atoms with E-state index in [2.05, 4.69) is 5.32 Å². The summed E-state index contributed by atoms with van der Waals surface area (Å²) in [7, 11) is 0. The Hall–Kier alpha value is -2.01. The fourth-order valence-electron chi connectivity index (χ4n) is 2.23. The zero-order chi connectivity index (χ0) is 17.4. The van der Waals surface area contributed by atoms with Crippen molar-refractivity contribution < 1.29 is 13.9 Å². The Morgan fingerprint density at radius 1 is 1.17 bits per heavy atom. The Morgan fingerprint density at radius 2 is 1.83 bits per heavy atom. The Kier molecular flexibility index (Phi) is 7.12. The molecule has 2 aromatic rings. The van der Waals surface area contributed by atoms with Crippen LogP contribution < -0.4 is 10.1 Å². The normalized spacial score (nSPS) is 11.8. The average Bonchev–Trinajstić information content (AvgIpc) is 2.57. The van der Waals surface area contributed by atoms with Crippen LogP contribution in [0.3, 0.4) is 0 Å². The maximum Gasteiger partial charge on any atom is 0.230 e. The highest BCUT2D eigenvalue weighted by atomic mass is 32.2. The van der Waals surface area contributed by atoms with Gasteiger partial charge in [0.15, 0.2) is 0 Å². The molecule has 0 bridgehead atoms. The van der Waals surface area contributed by atoms with Gasteiger partial charge in [0, 0.05) is 5.75 Å². The maximum absolute atomic E-state index is 12.8. The molecule has 1 N–H and O–H groups in total. The fourth-order valence-corrected chi connectivity index (χ4v) is 3.03. The lowest BCUT2D eigenvalue weighted by atomic mass is 10.1. The summed E-state index contributed by atoms with van der Waals surface area (Å²) in [4.78, 5) is 12.0. The summed E-state index contributed by atoms with van der Waals surface area (Å²) < 4.78 is 18.2. The van der Waals surface area contributed by atoms with E-state index in [0.717, 1.165) is 16.9 Å². The van der Waals surface area contributed by atoms with Gasteiger partial charge in [0.1, 0.15) is 11.6 Å². The summed E-state index contributed by atoms with van der Waals surface area (Å²) in [6.45, 7) is 4.54. The molecular weight excluding hydrogens is 325 g/mol. The number of hydrogen-bond acceptors (Lipinski definition) is 3. The third-order valence-corrected chi connectivity index (χ3v) is 4.49. The average molecular weight is 347 g/mol. The highest BCUT2D eigenvalue weighted by Gasteiger charge is 2.10. The molecule has 0 aromatic heterocycles. The molecule has 1 atom stereocenters. The van der Waals surface area contributed by atoms with Crippen molar-refractivity contribution >= 4 is 17.7 Å². The van der Waals surface area contributed by atoms with Gasteiger partial charge in [-0.15, -0.1) is 11.8 Å². The summed E-state index contributed by atoms with van der Waals surface area (Å²) in [5.74, 6) is 1.63. The van der Waals surface area contributed by atoms with Crippen LogP contribution in [0.2, 0.25) is 0 Å². The molecule has 0 saturated heterocycles. The van der Waals surface area contributed by atoms with E-state index in [1.54, 1.807) is 12.1 Å². The molecule has 0 radical (unpaired) electrons. The molecule has 0 fully saturated rings. The van der Waals surface area contributed by atoms with Crippen LogP contribution in [0.5, 0.6) is 5.75 Å². The molecule has 5 heteroatoms. The van der Waals surface area contributed by atoms with Crippen LogP contribution in [0.4, 0.5) is 4.39 Å². The van der Waals surface area contributed by atoms with Crippen LogP contribution in [0.15, 0.2) is 48.5 Å². The summed E-state index contributed by atoms with van der Waals surface area (Å²) in [5.41, 5.74) is 2.05. The number of carbonyl (C=O) groups excluding carboxylic acids is 1. The predicted molar refractivity (Wildman–Crippen MR) is 96.7 cm³/mol. The van der Waals surface area contributed by atoms with Gasteiger partial charge in [-0.1, -0.05) is 24.3 Å². The molecule has 3 nitrogen and oxygen atoms in total. The maximum atomic E-state index is 12.8. The van der Waals surface area contributed by atoms with Crippen LogP contribution in [-0.2, 0) is 10.5 Å². The predicted octanol–water partition coefficient (Wildman–Crippen LogP) is 4.34. The minimum Gasteiger partial charge on any atom is -0.494 e. The van der Waals surface area contributed by atoms with E-state index >= 15 is 0 Å². The largest absolute Gasteiger partial charge is 0.494 e. The molecule has 0 aliphatic rings. The second-order valence-electron chi connectivity index (χ2n) is 5.41. The first-order chi connectivity index (χ1) is 11.6. The van der Waals surface area contributed by atoms with Crippen molar-refractivity contribution in [2.24, 2.45) is 0 Å². The van der Waals surface area contributed by atoms with E-state index in [9.17, 15) is 9.18 Å². The molecule has 1 amide bonds. The van der Waals surface area contributed by atoms with Gasteiger partial charge in [0.05, 0.1) is 18.4 Å². The van der Waals surface area contributed by atoms with E-state index in [-0.39, 0.29) is 17.8 Å². The van der Waals surface area contributed by atoms with E-state index in [1.807, 2.05) is 38.1 Å². The lowest BCUT2D eigenvalue weighted by molar-refractivity contribution is -0.119. The topological polar surface area (TPSA) is 38.3 Å². The molecular formula is C19H22FNO2S. The summed E-state index contributed by atoms with van der Waals surface area (Å²) in [6, 6.07) is 14.0. The van der Waals surface area contributed by atoms with Crippen LogP contribution in [-0.4, -0.2) is 18.3 Å². The monoisotopic (exact) mass is 347 g/mol. The minimum atomic E-state index is -0.245. The molecule has 2 aromatic carbocycles. The lowest BCUT2D eigenvalue weighted by Crippen LogP contribution is -2.28. The highest BCUT2D eigenvalue weighted by Crippen LogP contribution is 2.18. The fraction of sp³-hybridized carbons (Fsp3) is 0.316. The third kappa shape index (κ3) is 5.89. The molecule has 0 unspecified atom stereocenters. The zero-order valence-corrected chi connectivity index (χ0v) is 14.7. The molecule has 128 valence electrons. The quantitative estimate of drug-likeness (QED) is 0.772. The first-order valence-corrected chi connectivity index (χ1v) is 9.08. The van der Waals surface area contributed by atoms with Gasteiger partial charge in [-0.3, -0.25) is 4.79 Å². The Balaban J connectivity index is 1.75. The van der Waals surface area contributed by atoms with Crippen LogP contribution >= 0.6 is 11.8 Å². The van der Waals surface area contributed by atoms with Crippen LogP contribution in [0, 0.1) is 5.82 Å². The van der Waals surface area contributed by atoms with Gasteiger partial charge in [0.25, 0.3) is 0 Å². The van der Waals surface area contributed by atoms with Crippen molar-refractivity contribution in [2.75, 3.05) is 12.4 Å². The Bertz CT molecular complexity index is 643. The van der Waals surface area contributed by atoms with E-state index in [1.165, 1.54) is 23.9 Å². The van der Waals surface area contributed by atoms with Gasteiger partial charge in [0.2, 0.25) is 5.91 Å². The van der Waals surface area contributed by atoms with Crippen molar-refractivity contribution in [3.8, 4) is 5.75 Å².